The molecule has 0 aliphatic heterocycles. The first-order valence-corrected chi connectivity index (χ1v) is 5.52. The van der Waals surface area contributed by atoms with Gasteiger partial charge in [0.2, 0.25) is 0 Å². The molecule has 2 atom stereocenters. The molecule has 0 radical (unpaired) electrons. The van der Waals surface area contributed by atoms with Crippen LogP contribution in [0.4, 0.5) is 5.82 Å². The molecule has 1 aliphatic rings. The van der Waals surface area contributed by atoms with Gasteiger partial charge < -0.3 is 10.1 Å². The molecule has 1 aliphatic carbocycles. The van der Waals surface area contributed by atoms with Gasteiger partial charge in [-0.2, -0.15) is 0 Å². The first kappa shape index (κ1) is 10.4. The second kappa shape index (κ2) is 4.62. The first-order chi connectivity index (χ1) is 7.31. The topological polar surface area (TPSA) is 34.1 Å². The molecule has 0 spiro atoms. The van der Waals surface area contributed by atoms with Gasteiger partial charge in [0.25, 0.3) is 0 Å². The summed E-state index contributed by atoms with van der Waals surface area (Å²) >= 11 is 0. The fraction of sp³-hybridized carbons (Fsp3) is 0.583. The highest BCUT2D eigenvalue weighted by molar-refractivity contribution is 5.43. The van der Waals surface area contributed by atoms with Crippen molar-refractivity contribution in [1.82, 2.24) is 4.98 Å². The number of hydrogen-bond acceptors (Lipinski definition) is 3. The van der Waals surface area contributed by atoms with Crippen molar-refractivity contribution in [2.45, 2.75) is 38.3 Å². The third-order valence-electron chi connectivity index (χ3n) is 3.09. The third-order valence-corrected chi connectivity index (χ3v) is 3.09. The fourth-order valence-corrected chi connectivity index (χ4v) is 2.19. The number of rotatable bonds is 3. The molecule has 1 fully saturated rings. The molecule has 1 aromatic heterocycles. The van der Waals surface area contributed by atoms with E-state index in [1.54, 1.807) is 7.11 Å². The number of hydrogen-bond donors (Lipinski definition) is 1. The number of anilines is 1. The van der Waals surface area contributed by atoms with Gasteiger partial charge in [0, 0.05) is 13.3 Å². The molecular formula is C12H18N2O. The molecular weight excluding hydrogens is 188 g/mol. The first-order valence-electron chi connectivity index (χ1n) is 5.52. The lowest BCUT2D eigenvalue weighted by Gasteiger charge is -2.20. The normalized spacial score (nSPS) is 25.5. The Balaban J connectivity index is 2.05. The Hall–Kier alpha value is -1.09. The number of pyridine rings is 1. The molecule has 0 bridgehead atoms. The van der Waals surface area contributed by atoms with Gasteiger partial charge in [-0.3, -0.25) is 0 Å². The predicted molar refractivity (Wildman–Crippen MR) is 61.0 cm³/mol. The second-order valence-electron chi connectivity index (χ2n) is 4.12. The Morgan fingerprint density at radius 2 is 2.33 bits per heavy atom. The summed E-state index contributed by atoms with van der Waals surface area (Å²) in [6.07, 6.45) is 5.73. The predicted octanol–water partition coefficient (Wildman–Crippen LogP) is 2.37. The van der Waals surface area contributed by atoms with Gasteiger partial charge in [0.05, 0.1) is 12.1 Å². The van der Waals surface area contributed by atoms with Crippen molar-refractivity contribution in [3.05, 3.63) is 23.9 Å². The summed E-state index contributed by atoms with van der Waals surface area (Å²) in [6.45, 7) is 2.08. The Morgan fingerprint density at radius 1 is 1.47 bits per heavy atom. The zero-order chi connectivity index (χ0) is 10.7. The van der Waals surface area contributed by atoms with E-state index >= 15 is 0 Å². The Morgan fingerprint density at radius 3 is 3.07 bits per heavy atom. The molecule has 3 nitrogen and oxygen atoms in total. The Labute approximate surface area is 90.9 Å². The van der Waals surface area contributed by atoms with E-state index in [4.69, 9.17) is 4.74 Å². The van der Waals surface area contributed by atoms with E-state index < -0.39 is 0 Å². The van der Waals surface area contributed by atoms with Crippen LogP contribution >= 0.6 is 0 Å². The minimum absolute atomic E-state index is 0.339. The van der Waals surface area contributed by atoms with E-state index in [0.717, 1.165) is 12.2 Å². The number of aromatic nitrogens is 1. The lowest BCUT2D eigenvalue weighted by molar-refractivity contribution is 0.101. The van der Waals surface area contributed by atoms with E-state index in [1.165, 1.54) is 18.4 Å². The highest BCUT2D eigenvalue weighted by atomic mass is 16.5. The lowest BCUT2D eigenvalue weighted by Crippen LogP contribution is -2.30. The Kier molecular flexibility index (Phi) is 3.21. The van der Waals surface area contributed by atoms with Gasteiger partial charge in [-0.15, -0.1) is 0 Å². The Bertz CT molecular complexity index is 327. The van der Waals surface area contributed by atoms with Crippen molar-refractivity contribution in [3.63, 3.8) is 0 Å². The van der Waals surface area contributed by atoms with Gasteiger partial charge in [0.15, 0.2) is 0 Å². The summed E-state index contributed by atoms with van der Waals surface area (Å²) in [5.41, 5.74) is 1.19. The average molecular weight is 206 g/mol. The summed E-state index contributed by atoms with van der Waals surface area (Å²) in [6, 6.07) is 4.46. The van der Waals surface area contributed by atoms with Crippen molar-refractivity contribution < 1.29 is 4.74 Å². The van der Waals surface area contributed by atoms with Crippen LogP contribution in [0.2, 0.25) is 0 Å². The summed E-state index contributed by atoms with van der Waals surface area (Å²) < 4.78 is 5.45. The van der Waals surface area contributed by atoms with Crippen LogP contribution in [0.25, 0.3) is 0 Å². The van der Waals surface area contributed by atoms with E-state index in [-0.39, 0.29) is 0 Å². The summed E-state index contributed by atoms with van der Waals surface area (Å²) in [5, 5.41) is 3.47. The van der Waals surface area contributed by atoms with Gasteiger partial charge >= 0.3 is 0 Å². The van der Waals surface area contributed by atoms with Crippen LogP contribution in [0.5, 0.6) is 0 Å². The molecule has 0 aromatic carbocycles. The van der Waals surface area contributed by atoms with Gasteiger partial charge in [-0.25, -0.2) is 4.98 Å². The van der Waals surface area contributed by atoms with Gasteiger partial charge in [-0.05, 0) is 37.8 Å². The standard InChI is InChI=1S/C12H18N2O/c1-9-5-4-8-13-12(9)14-10-6-3-7-11(10)15-2/h4-5,8,10-11H,3,6-7H2,1-2H3,(H,13,14). The molecule has 82 valence electrons. The highest BCUT2D eigenvalue weighted by Gasteiger charge is 2.27. The molecule has 1 saturated carbocycles. The maximum atomic E-state index is 5.45. The van der Waals surface area contributed by atoms with Crippen LogP contribution in [0.3, 0.4) is 0 Å². The van der Waals surface area contributed by atoms with Crippen LogP contribution in [-0.2, 0) is 4.74 Å². The summed E-state index contributed by atoms with van der Waals surface area (Å²) in [5.74, 6) is 0.992. The van der Waals surface area contributed by atoms with E-state index in [2.05, 4.69) is 23.3 Å². The smallest absolute Gasteiger partial charge is 0.129 e. The second-order valence-corrected chi connectivity index (χ2v) is 4.12. The van der Waals surface area contributed by atoms with Crippen molar-refractivity contribution in [2.24, 2.45) is 0 Å². The minimum atomic E-state index is 0.339. The largest absolute Gasteiger partial charge is 0.379 e. The van der Waals surface area contributed by atoms with Crippen LogP contribution < -0.4 is 5.32 Å². The van der Waals surface area contributed by atoms with Gasteiger partial charge in [0.1, 0.15) is 5.82 Å². The number of ether oxygens (including phenoxy) is 1. The van der Waals surface area contributed by atoms with E-state index in [1.807, 2.05) is 12.3 Å². The molecule has 1 heterocycles. The van der Waals surface area contributed by atoms with E-state index in [0.29, 0.717) is 12.1 Å². The third kappa shape index (κ3) is 2.29. The zero-order valence-corrected chi connectivity index (χ0v) is 9.36. The van der Waals surface area contributed by atoms with E-state index in [9.17, 15) is 0 Å². The fourth-order valence-electron chi connectivity index (χ4n) is 2.19. The molecule has 2 rings (SSSR count). The number of methoxy groups -OCH3 is 1. The van der Waals surface area contributed by atoms with Crippen molar-refractivity contribution in [1.29, 1.82) is 0 Å². The highest BCUT2D eigenvalue weighted by Crippen LogP contribution is 2.25. The van der Waals surface area contributed by atoms with Crippen molar-refractivity contribution >= 4 is 5.82 Å². The molecule has 0 amide bonds. The van der Waals surface area contributed by atoms with Crippen molar-refractivity contribution in [2.75, 3.05) is 12.4 Å². The number of aryl methyl sites for hydroxylation is 1. The molecule has 1 aromatic rings. The van der Waals surface area contributed by atoms with Crippen molar-refractivity contribution in [3.8, 4) is 0 Å². The molecule has 3 heteroatoms. The quantitative estimate of drug-likeness (QED) is 0.824. The monoisotopic (exact) mass is 206 g/mol. The SMILES string of the molecule is COC1CCCC1Nc1ncccc1C. The maximum Gasteiger partial charge on any atom is 0.129 e. The van der Waals surface area contributed by atoms with Crippen LogP contribution in [-0.4, -0.2) is 24.2 Å². The zero-order valence-electron chi connectivity index (χ0n) is 9.36. The molecule has 15 heavy (non-hydrogen) atoms. The van der Waals surface area contributed by atoms with Crippen LogP contribution in [0, 0.1) is 6.92 Å². The number of nitrogens with one attached hydrogen (secondary N) is 1. The summed E-state index contributed by atoms with van der Waals surface area (Å²) in [7, 11) is 1.79. The molecule has 0 saturated heterocycles. The minimum Gasteiger partial charge on any atom is -0.379 e. The number of nitrogens with zero attached hydrogens (tertiary/aromatic N) is 1. The lowest BCUT2D eigenvalue weighted by atomic mass is 10.2. The van der Waals surface area contributed by atoms with Crippen LogP contribution in [0.15, 0.2) is 18.3 Å². The van der Waals surface area contributed by atoms with Gasteiger partial charge in [-0.1, -0.05) is 6.07 Å². The molecule has 2 unspecified atom stereocenters. The van der Waals surface area contributed by atoms with Crippen LogP contribution in [0.1, 0.15) is 24.8 Å². The summed E-state index contributed by atoms with van der Waals surface area (Å²) in [4.78, 5) is 4.34. The maximum absolute atomic E-state index is 5.45. The molecule has 1 N–H and O–H groups in total. The average Bonchev–Trinajstić information content (AvgIpc) is 2.69.